The van der Waals surface area contributed by atoms with Crippen LogP contribution in [0.25, 0.3) is 0 Å². The van der Waals surface area contributed by atoms with Crippen LogP contribution in [-0.2, 0) is 13.6 Å². The van der Waals surface area contributed by atoms with E-state index in [4.69, 9.17) is 0 Å². The molecule has 25 heavy (non-hydrogen) atoms. The smallest absolute Gasteiger partial charge is 0.254 e. The summed E-state index contributed by atoms with van der Waals surface area (Å²) in [4.78, 5) is 14.4. The summed E-state index contributed by atoms with van der Waals surface area (Å²) in [5.74, 6) is -0.0175. The average molecular weight is 342 g/mol. The maximum Gasteiger partial charge on any atom is 0.254 e. The van der Waals surface area contributed by atoms with Crippen LogP contribution in [-0.4, -0.2) is 44.9 Å². The molecule has 2 aromatic rings. The second-order valence-electron chi connectivity index (χ2n) is 6.75. The predicted octanol–water partition coefficient (Wildman–Crippen LogP) is 2.25. The fraction of sp³-hybridized carbons (Fsp3) is 0.474. The molecular formula is C19H26N4O2. The Morgan fingerprint density at radius 1 is 1.40 bits per heavy atom. The molecule has 0 saturated carbocycles. The van der Waals surface area contributed by atoms with Crippen molar-refractivity contribution in [1.82, 2.24) is 14.7 Å². The van der Waals surface area contributed by atoms with Crippen LogP contribution in [0.1, 0.15) is 40.2 Å². The Balaban J connectivity index is 1.70. The molecule has 1 unspecified atom stereocenters. The van der Waals surface area contributed by atoms with Gasteiger partial charge < -0.3 is 15.3 Å². The molecule has 1 atom stereocenters. The molecule has 1 fully saturated rings. The average Bonchev–Trinajstić information content (AvgIpc) is 2.85. The summed E-state index contributed by atoms with van der Waals surface area (Å²) in [6.45, 7) is 5.86. The molecule has 1 aromatic carbocycles. The maximum atomic E-state index is 12.7. The zero-order valence-electron chi connectivity index (χ0n) is 15.1. The van der Waals surface area contributed by atoms with Gasteiger partial charge in [-0.25, -0.2) is 0 Å². The number of aromatic nitrogens is 2. The molecule has 0 aliphatic carbocycles. The molecule has 1 aromatic heterocycles. The summed E-state index contributed by atoms with van der Waals surface area (Å²) >= 11 is 0. The number of hydrogen-bond donors (Lipinski definition) is 2. The van der Waals surface area contributed by atoms with Crippen molar-refractivity contribution in [3.8, 4) is 0 Å². The van der Waals surface area contributed by atoms with E-state index in [2.05, 4.69) is 17.3 Å². The van der Waals surface area contributed by atoms with Crippen molar-refractivity contribution >= 4 is 11.6 Å². The zero-order chi connectivity index (χ0) is 18.0. The number of nitrogens with one attached hydrogen (secondary N) is 1. The van der Waals surface area contributed by atoms with E-state index in [0.717, 1.165) is 29.9 Å². The van der Waals surface area contributed by atoms with Crippen molar-refractivity contribution in [2.75, 3.05) is 18.4 Å². The van der Waals surface area contributed by atoms with Gasteiger partial charge in [-0.15, -0.1) is 0 Å². The number of aryl methyl sites for hydroxylation is 2. The van der Waals surface area contributed by atoms with Gasteiger partial charge in [-0.1, -0.05) is 6.07 Å². The van der Waals surface area contributed by atoms with Gasteiger partial charge in [-0.3, -0.25) is 9.48 Å². The number of anilines is 1. The van der Waals surface area contributed by atoms with E-state index >= 15 is 0 Å². The van der Waals surface area contributed by atoms with Gasteiger partial charge in [0.2, 0.25) is 0 Å². The molecule has 6 heteroatoms. The van der Waals surface area contributed by atoms with Crippen molar-refractivity contribution < 1.29 is 9.90 Å². The third kappa shape index (κ3) is 3.85. The topological polar surface area (TPSA) is 70.4 Å². The fourth-order valence-electron chi connectivity index (χ4n) is 3.35. The van der Waals surface area contributed by atoms with Gasteiger partial charge in [-0.05, 0) is 44.9 Å². The Labute approximate surface area is 148 Å². The number of aliphatic hydroxyl groups is 1. The monoisotopic (exact) mass is 342 g/mol. The Morgan fingerprint density at radius 2 is 2.20 bits per heavy atom. The first kappa shape index (κ1) is 17.5. The van der Waals surface area contributed by atoms with Crippen LogP contribution in [0.2, 0.25) is 0 Å². The minimum atomic E-state index is -0.407. The standard InChI is InChI=1S/C19H26N4O2/c1-13-18(14(2)22(3)21-13)11-20-16-7-4-6-15(10-16)19(25)23-9-5-8-17(24)12-23/h4,6-7,10,17,20,24H,5,8-9,11-12H2,1-3H3. The normalized spacial score (nSPS) is 17.6. The second-order valence-corrected chi connectivity index (χ2v) is 6.75. The quantitative estimate of drug-likeness (QED) is 0.894. The fourth-order valence-corrected chi connectivity index (χ4v) is 3.35. The molecule has 0 bridgehead atoms. The van der Waals surface area contributed by atoms with Crippen molar-refractivity contribution in [1.29, 1.82) is 0 Å². The van der Waals surface area contributed by atoms with Gasteiger partial charge in [0, 0.05) is 49.2 Å². The number of benzene rings is 1. The van der Waals surface area contributed by atoms with Crippen LogP contribution in [0.3, 0.4) is 0 Å². The lowest BCUT2D eigenvalue weighted by atomic mass is 10.1. The van der Waals surface area contributed by atoms with Crippen LogP contribution in [0, 0.1) is 13.8 Å². The first-order valence-corrected chi connectivity index (χ1v) is 8.76. The van der Waals surface area contributed by atoms with Crippen LogP contribution < -0.4 is 5.32 Å². The summed E-state index contributed by atoms with van der Waals surface area (Å²) in [6.07, 6.45) is 1.22. The van der Waals surface area contributed by atoms with Gasteiger partial charge in [0.15, 0.2) is 0 Å². The van der Waals surface area contributed by atoms with Crippen LogP contribution in [0.15, 0.2) is 24.3 Å². The van der Waals surface area contributed by atoms with E-state index in [1.165, 1.54) is 5.56 Å². The molecule has 2 N–H and O–H groups in total. The summed E-state index contributed by atoms with van der Waals surface area (Å²) in [5, 5.41) is 17.6. The lowest BCUT2D eigenvalue weighted by Crippen LogP contribution is -2.42. The maximum absolute atomic E-state index is 12.7. The highest BCUT2D eigenvalue weighted by Gasteiger charge is 2.23. The molecule has 1 aliphatic heterocycles. The summed E-state index contributed by atoms with van der Waals surface area (Å²) in [5.41, 5.74) is 4.89. The Kier molecular flexibility index (Phi) is 5.08. The van der Waals surface area contributed by atoms with Gasteiger partial charge in [0.1, 0.15) is 0 Å². The van der Waals surface area contributed by atoms with Gasteiger partial charge >= 0.3 is 0 Å². The number of carbonyl (C=O) groups is 1. The number of amides is 1. The number of nitrogens with zero attached hydrogens (tertiary/aromatic N) is 3. The number of aliphatic hydroxyl groups excluding tert-OH is 1. The number of rotatable bonds is 4. The zero-order valence-corrected chi connectivity index (χ0v) is 15.1. The van der Waals surface area contributed by atoms with E-state index in [9.17, 15) is 9.90 Å². The van der Waals surface area contributed by atoms with E-state index in [1.54, 1.807) is 4.90 Å². The van der Waals surface area contributed by atoms with Gasteiger partial charge in [0.25, 0.3) is 5.91 Å². The molecule has 1 amide bonds. The highest BCUT2D eigenvalue weighted by Crippen LogP contribution is 2.19. The largest absolute Gasteiger partial charge is 0.391 e. The van der Waals surface area contributed by atoms with E-state index in [0.29, 0.717) is 25.2 Å². The number of β-amino-alcohol motifs (C(OH)–C–C–N with tert-alkyl or cyclic N) is 1. The van der Waals surface area contributed by atoms with Crippen molar-refractivity contribution in [2.45, 2.75) is 39.3 Å². The molecule has 0 radical (unpaired) electrons. The van der Waals surface area contributed by atoms with Crippen molar-refractivity contribution in [3.05, 3.63) is 46.8 Å². The third-order valence-corrected chi connectivity index (χ3v) is 4.92. The third-order valence-electron chi connectivity index (χ3n) is 4.92. The Morgan fingerprint density at radius 3 is 2.88 bits per heavy atom. The number of carbonyl (C=O) groups excluding carboxylic acids is 1. The number of hydrogen-bond acceptors (Lipinski definition) is 4. The molecule has 1 saturated heterocycles. The minimum Gasteiger partial charge on any atom is -0.391 e. The first-order chi connectivity index (χ1) is 12.0. The van der Waals surface area contributed by atoms with E-state index in [1.807, 2.05) is 42.9 Å². The highest BCUT2D eigenvalue weighted by molar-refractivity contribution is 5.95. The Bertz CT molecular complexity index is 769. The second kappa shape index (κ2) is 7.27. The Hall–Kier alpha value is -2.34. The molecule has 0 spiro atoms. The van der Waals surface area contributed by atoms with Crippen LogP contribution in [0.4, 0.5) is 5.69 Å². The predicted molar refractivity (Wildman–Crippen MR) is 97.6 cm³/mol. The lowest BCUT2D eigenvalue weighted by molar-refractivity contribution is 0.0474. The van der Waals surface area contributed by atoms with E-state index < -0.39 is 6.10 Å². The van der Waals surface area contributed by atoms with Crippen LogP contribution >= 0.6 is 0 Å². The number of likely N-dealkylation sites (tertiary alicyclic amines) is 1. The molecule has 134 valence electrons. The first-order valence-electron chi connectivity index (χ1n) is 8.76. The summed E-state index contributed by atoms with van der Waals surface area (Å²) in [6, 6.07) is 7.56. The SMILES string of the molecule is Cc1nn(C)c(C)c1CNc1cccc(C(=O)N2CCCC(O)C2)c1. The molecular weight excluding hydrogens is 316 g/mol. The lowest BCUT2D eigenvalue weighted by Gasteiger charge is -2.30. The van der Waals surface area contributed by atoms with E-state index in [-0.39, 0.29) is 5.91 Å². The summed E-state index contributed by atoms with van der Waals surface area (Å²) < 4.78 is 1.88. The molecule has 3 rings (SSSR count). The van der Waals surface area contributed by atoms with Crippen molar-refractivity contribution in [2.24, 2.45) is 7.05 Å². The molecule has 2 heterocycles. The van der Waals surface area contributed by atoms with Gasteiger partial charge in [-0.2, -0.15) is 5.10 Å². The number of piperidine rings is 1. The summed E-state index contributed by atoms with van der Waals surface area (Å²) in [7, 11) is 1.94. The minimum absolute atomic E-state index is 0.0175. The highest BCUT2D eigenvalue weighted by atomic mass is 16.3. The molecule has 1 aliphatic rings. The molecule has 6 nitrogen and oxygen atoms in total. The van der Waals surface area contributed by atoms with Crippen molar-refractivity contribution in [3.63, 3.8) is 0 Å². The van der Waals surface area contributed by atoms with Crippen LogP contribution in [0.5, 0.6) is 0 Å². The van der Waals surface area contributed by atoms with Gasteiger partial charge in [0.05, 0.1) is 11.8 Å².